The van der Waals surface area contributed by atoms with Crippen molar-refractivity contribution in [2.75, 3.05) is 4.90 Å². The van der Waals surface area contributed by atoms with E-state index in [1.165, 1.54) is 11.1 Å². The molecule has 0 bridgehead atoms. The maximum atomic E-state index is 11.1. The number of phenolic OH excluding ortho intramolecular Hbond substituents is 1. The molecule has 55 heavy (non-hydrogen) atoms. The van der Waals surface area contributed by atoms with E-state index in [-0.39, 0.29) is 16.6 Å². The molecule has 8 aromatic rings. The van der Waals surface area contributed by atoms with Crippen LogP contribution in [-0.4, -0.2) is 15.1 Å². The molecule has 0 amide bonds. The molecule has 0 atom stereocenters. The summed E-state index contributed by atoms with van der Waals surface area (Å²) >= 11 is 0. The fourth-order valence-electron chi connectivity index (χ4n) is 7.09. The molecule has 5 aromatic carbocycles. The topological polar surface area (TPSA) is 62.4 Å². The van der Waals surface area contributed by atoms with Crippen molar-refractivity contribution in [3.8, 4) is 50.5 Å². The second-order valence-electron chi connectivity index (χ2n) is 16.2. The van der Waals surface area contributed by atoms with Crippen molar-refractivity contribution < 1.29 is 9.52 Å². The summed E-state index contributed by atoms with van der Waals surface area (Å²) in [5, 5.41) is 12.1. The van der Waals surface area contributed by atoms with E-state index >= 15 is 0 Å². The number of benzene rings is 5. The van der Waals surface area contributed by atoms with Gasteiger partial charge in [-0.2, -0.15) is 0 Å². The summed E-state index contributed by atoms with van der Waals surface area (Å²) < 4.78 is 6.25. The highest BCUT2D eigenvalue weighted by Crippen LogP contribution is 2.46. The second-order valence-corrected chi connectivity index (χ2v) is 16.2. The summed E-state index contributed by atoms with van der Waals surface area (Å²) in [6.07, 6.45) is 3.56. The highest BCUT2D eigenvalue weighted by Gasteiger charge is 2.25. The fourth-order valence-corrected chi connectivity index (χ4v) is 7.09. The van der Waals surface area contributed by atoms with Gasteiger partial charge in [-0.3, -0.25) is 4.90 Å². The zero-order chi connectivity index (χ0) is 38.3. The van der Waals surface area contributed by atoms with Crippen LogP contribution in [0.4, 0.5) is 17.2 Å². The van der Waals surface area contributed by atoms with Crippen LogP contribution in [0.5, 0.6) is 5.75 Å². The average molecular weight is 720 g/mol. The van der Waals surface area contributed by atoms with Gasteiger partial charge in [-0.25, -0.2) is 9.97 Å². The minimum absolute atomic E-state index is 0.0505. The molecule has 0 saturated heterocycles. The van der Waals surface area contributed by atoms with Gasteiger partial charge in [-0.1, -0.05) is 133 Å². The number of anilines is 3. The van der Waals surface area contributed by atoms with Crippen LogP contribution in [0.1, 0.15) is 52.7 Å². The quantitative estimate of drug-likeness (QED) is 0.178. The molecule has 272 valence electrons. The first-order valence-electron chi connectivity index (χ1n) is 18.8. The number of rotatable bonds is 7. The Morgan fingerprint density at radius 3 is 1.93 bits per heavy atom. The van der Waals surface area contributed by atoms with Crippen LogP contribution >= 0.6 is 0 Å². The Morgan fingerprint density at radius 1 is 0.545 bits per heavy atom. The smallest absolute Gasteiger partial charge is 0.158 e. The molecule has 0 saturated carbocycles. The van der Waals surface area contributed by atoms with Gasteiger partial charge in [0.05, 0.1) is 23.3 Å². The highest BCUT2D eigenvalue weighted by molar-refractivity contribution is 6.03. The van der Waals surface area contributed by atoms with Gasteiger partial charge in [-0.05, 0) is 93.2 Å². The van der Waals surface area contributed by atoms with Crippen LogP contribution in [0.3, 0.4) is 0 Å². The zero-order valence-corrected chi connectivity index (χ0v) is 32.2. The summed E-state index contributed by atoms with van der Waals surface area (Å²) in [6.45, 7) is 13.6. The molecule has 1 N–H and O–H groups in total. The normalized spacial score (nSPS) is 11.9. The standard InChI is InChI=1S/C50H45N3O2/c1-49(2,3)38-27-36(28-39(32-38)50(4,5)6)37-30-43(52-44(31-37)42-19-10-11-20-45(42)54)35-17-14-18-40(29-35)53(46-21-12-13-25-51-46)47-41(33-15-8-7-9-16-33)23-22-34-24-26-55-48(34)47/h7-32,54H,1-6H3. The highest BCUT2D eigenvalue weighted by atomic mass is 16.3. The van der Waals surface area contributed by atoms with E-state index in [1.54, 1.807) is 12.3 Å². The predicted octanol–water partition coefficient (Wildman–Crippen LogP) is 13.7. The molecule has 0 aliphatic rings. The van der Waals surface area contributed by atoms with Crippen LogP contribution in [0, 0.1) is 0 Å². The summed E-state index contributed by atoms with van der Waals surface area (Å²) in [5.74, 6) is 0.943. The third-order valence-corrected chi connectivity index (χ3v) is 10.2. The van der Waals surface area contributed by atoms with Crippen molar-refractivity contribution in [2.45, 2.75) is 52.4 Å². The van der Waals surface area contributed by atoms with E-state index in [4.69, 9.17) is 14.4 Å². The van der Waals surface area contributed by atoms with E-state index in [9.17, 15) is 5.11 Å². The van der Waals surface area contributed by atoms with E-state index in [0.717, 1.165) is 61.7 Å². The van der Waals surface area contributed by atoms with Crippen LogP contribution in [0.2, 0.25) is 0 Å². The van der Waals surface area contributed by atoms with E-state index in [1.807, 2.05) is 54.7 Å². The summed E-state index contributed by atoms with van der Waals surface area (Å²) in [6, 6.07) is 49.7. The molecule has 0 aliphatic carbocycles. The minimum Gasteiger partial charge on any atom is -0.507 e. The molecular weight excluding hydrogens is 675 g/mol. The Morgan fingerprint density at radius 2 is 1.22 bits per heavy atom. The van der Waals surface area contributed by atoms with E-state index in [2.05, 4.69) is 137 Å². The van der Waals surface area contributed by atoms with Crippen molar-refractivity contribution >= 4 is 28.2 Å². The maximum Gasteiger partial charge on any atom is 0.158 e. The number of furan rings is 1. The van der Waals surface area contributed by atoms with E-state index < -0.39 is 0 Å². The zero-order valence-electron chi connectivity index (χ0n) is 32.2. The number of hydrogen-bond donors (Lipinski definition) is 1. The molecule has 5 nitrogen and oxygen atoms in total. The maximum absolute atomic E-state index is 11.1. The Hall–Kier alpha value is -6.46. The number of aromatic nitrogens is 2. The number of pyridine rings is 2. The number of para-hydroxylation sites is 1. The van der Waals surface area contributed by atoms with Crippen molar-refractivity contribution in [1.82, 2.24) is 9.97 Å². The molecule has 3 heterocycles. The van der Waals surface area contributed by atoms with Gasteiger partial charge in [0, 0.05) is 34.0 Å². The van der Waals surface area contributed by atoms with Gasteiger partial charge in [0.1, 0.15) is 11.6 Å². The molecule has 0 spiro atoms. The monoisotopic (exact) mass is 719 g/mol. The number of aromatic hydroxyl groups is 1. The third-order valence-electron chi connectivity index (χ3n) is 10.2. The van der Waals surface area contributed by atoms with Crippen molar-refractivity contribution in [1.29, 1.82) is 0 Å². The number of nitrogens with zero attached hydrogens (tertiary/aromatic N) is 3. The third kappa shape index (κ3) is 7.14. The minimum atomic E-state index is -0.0505. The first-order chi connectivity index (χ1) is 26.4. The molecule has 0 aliphatic heterocycles. The molecule has 5 heteroatoms. The second kappa shape index (κ2) is 14.1. The first kappa shape index (κ1) is 35.6. The summed E-state index contributed by atoms with van der Waals surface area (Å²) in [4.78, 5) is 12.3. The Bertz CT molecular complexity index is 2600. The summed E-state index contributed by atoms with van der Waals surface area (Å²) in [5.41, 5.74) is 12.3. The first-order valence-corrected chi connectivity index (χ1v) is 18.8. The Kier molecular flexibility index (Phi) is 9.10. The van der Waals surface area contributed by atoms with Crippen LogP contribution in [-0.2, 0) is 10.8 Å². The van der Waals surface area contributed by atoms with E-state index in [0.29, 0.717) is 11.3 Å². The molecular formula is C50H45N3O2. The predicted molar refractivity (Wildman–Crippen MR) is 227 cm³/mol. The lowest BCUT2D eigenvalue weighted by Crippen LogP contribution is -2.16. The van der Waals surface area contributed by atoms with Crippen molar-refractivity contribution in [3.05, 3.63) is 169 Å². The lowest BCUT2D eigenvalue weighted by atomic mass is 9.79. The van der Waals surface area contributed by atoms with Crippen LogP contribution < -0.4 is 4.90 Å². The number of hydrogen-bond acceptors (Lipinski definition) is 5. The van der Waals surface area contributed by atoms with Gasteiger partial charge >= 0.3 is 0 Å². The van der Waals surface area contributed by atoms with Gasteiger partial charge in [0.2, 0.25) is 0 Å². The average Bonchev–Trinajstić information content (AvgIpc) is 3.68. The fraction of sp³-hybridized carbons (Fsp3) is 0.160. The molecule has 0 unspecified atom stereocenters. The van der Waals surface area contributed by atoms with Gasteiger partial charge in [0.15, 0.2) is 5.58 Å². The summed E-state index contributed by atoms with van der Waals surface area (Å²) in [7, 11) is 0. The lowest BCUT2D eigenvalue weighted by molar-refractivity contribution is 0.477. The lowest BCUT2D eigenvalue weighted by Gasteiger charge is -2.27. The number of phenols is 1. The molecule has 3 aromatic heterocycles. The number of fused-ring (bicyclic) bond motifs is 1. The molecule has 8 rings (SSSR count). The Balaban J connectivity index is 1.36. The SMILES string of the molecule is CC(C)(C)c1cc(-c2cc(-c3cccc(N(c4ccccn4)c4c(-c5ccccc5)ccc5ccoc45)c3)nc(-c3ccccc3O)c2)cc(C(C)(C)C)c1. The van der Waals surface area contributed by atoms with Crippen LogP contribution in [0.15, 0.2) is 162 Å². The van der Waals surface area contributed by atoms with Gasteiger partial charge in [-0.15, -0.1) is 0 Å². The van der Waals surface area contributed by atoms with Gasteiger partial charge < -0.3 is 9.52 Å². The van der Waals surface area contributed by atoms with Crippen LogP contribution in [0.25, 0.3) is 55.7 Å². The van der Waals surface area contributed by atoms with Gasteiger partial charge in [0.25, 0.3) is 0 Å². The molecule has 0 radical (unpaired) electrons. The Labute approximate surface area is 323 Å². The van der Waals surface area contributed by atoms with Crippen molar-refractivity contribution in [2.24, 2.45) is 0 Å². The van der Waals surface area contributed by atoms with Crippen molar-refractivity contribution in [3.63, 3.8) is 0 Å². The largest absolute Gasteiger partial charge is 0.507 e. The molecule has 0 fully saturated rings.